The van der Waals surface area contributed by atoms with E-state index in [0.29, 0.717) is 34.3 Å². The van der Waals surface area contributed by atoms with Crippen molar-refractivity contribution in [3.63, 3.8) is 0 Å². The SMILES string of the molecule is Cc1ccccc1S(=O)(=O)O.OC[C@@H]1CO[C@@](Cn2ccnc2)(c2ccc(Cl)cc2Cl)O1. The number of aliphatic hydroxyl groups is 1. The maximum Gasteiger partial charge on any atom is 0.294 e. The molecule has 0 unspecified atom stereocenters. The third-order valence-corrected chi connectivity index (χ3v) is 6.29. The number of nitrogens with zero attached hydrogens (tertiary/aromatic N) is 2. The van der Waals surface area contributed by atoms with Crippen LogP contribution in [-0.2, 0) is 31.9 Å². The van der Waals surface area contributed by atoms with Crippen LogP contribution < -0.4 is 0 Å². The van der Waals surface area contributed by atoms with Crippen molar-refractivity contribution < 1.29 is 27.6 Å². The largest absolute Gasteiger partial charge is 0.394 e. The van der Waals surface area contributed by atoms with Crippen LogP contribution in [0.1, 0.15) is 11.1 Å². The fraction of sp³-hybridized carbons (Fsp3) is 0.286. The lowest BCUT2D eigenvalue weighted by Crippen LogP contribution is -2.34. The minimum Gasteiger partial charge on any atom is -0.394 e. The van der Waals surface area contributed by atoms with E-state index in [1.54, 1.807) is 55.8 Å². The van der Waals surface area contributed by atoms with Crippen molar-refractivity contribution in [2.45, 2.75) is 30.3 Å². The van der Waals surface area contributed by atoms with Crippen molar-refractivity contribution in [1.82, 2.24) is 9.55 Å². The molecule has 1 aliphatic rings. The highest BCUT2D eigenvalue weighted by atomic mass is 35.5. The Labute approximate surface area is 196 Å². The van der Waals surface area contributed by atoms with E-state index in [1.807, 2.05) is 10.8 Å². The summed E-state index contributed by atoms with van der Waals surface area (Å²) in [5.41, 5.74) is 1.23. The number of hydrogen-bond donors (Lipinski definition) is 2. The van der Waals surface area contributed by atoms with E-state index in [0.717, 1.165) is 0 Å². The molecule has 172 valence electrons. The number of rotatable bonds is 5. The van der Waals surface area contributed by atoms with Crippen molar-refractivity contribution in [3.8, 4) is 0 Å². The number of aromatic nitrogens is 2. The number of hydrogen-bond acceptors (Lipinski definition) is 6. The second-order valence-corrected chi connectivity index (χ2v) is 9.32. The summed E-state index contributed by atoms with van der Waals surface area (Å²) in [7, 11) is -4.03. The summed E-state index contributed by atoms with van der Waals surface area (Å²) in [6, 6.07) is 11.4. The lowest BCUT2D eigenvalue weighted by atomic mass is 10.1. The first-order chi connectivity index (χ1) is 15.1. The Morgan fingerprint density at radius 3 is 2.53 bits per heavy atom. The van der Waals surface area contributed by atoms with Crippen LogP contribution in [0.3, 0.4) is 0 Å². The molecule has 32 heavy (non-hydrogen) atoms. The van der Waals surface area contributed by atoms with Crippen molar-refractivity contribution in [2.24, 2.45) is 0 Å². The van der Waals surface area contributed by atoms with Crippen molar-refractivity contribution in [2.75, 3.05) is 13.2 Å². The molecule has 0 aliphatic carbocycles. The highest BCUT2D eigenvalue weighted by molar-refractivity contribution is 7.85. The normalized spacial score (nSPS) is 20.6. The van der Waals surface area contributed by atoms with E-state index in [2.05, 4.69) is 4.98 Å². The topological polar surface area (TPSA) is 111 Å². The molecule has 0 radical (unpaired) electrons. The average Bonchev–Trinajstić information content (AvgIpc) is 3.38. The van der Waals surface area contributed by atoms with Gasteiger partial charge in [0.25, 0.3) is 10.1 Å². The van der Waals surface area contributed by atoms with Crippen LogP contribution in [-0.4, -0.2) is 46.9 Å². The Morgan fingerprint density at radius 2 is 2.00 bits per heavy atom. The van der Waals surface area contributed by atoms with Gasteiger partial charge in [-0.15, -0.1) is 0 Å². The minimum absolute atomic E-state index is 0.0278. The van der Waals surface area contributed by atoms with Gasteiger partial charge in [0, 0.05) is 23.0 Å². The van der Waals surface area contributed by atoms with E-state index in [1.165, 1.54) is 6.07 Å². The zero-order chi connectivity index (χ0) is 23.4. The van der Waals surface area contributed by atoms with Gasteiger partial charge < -0.3 is 19.1 Å². The number of ether oxygens (including phenoxy) is 2. The molecule has 1 saturated heterocycles. The van der Waals surface area contributed by atoms with Gasteiger partial charge in [0.1, 0.15) is 6.10 Å². The average molecular weight is 501 g/mol. The van der Waals surface area contributed by atoms with Gasteiger partial charge >= 0.3 is 0 Å². The Morgan fingerprint density at radius 1 is 1.25 bits per heavy atom. The van der Waals surface area contributed by atoms with Gasteiger partial charge in [0.05, 0.1) is 36.0 Å². The number of imidazole rings is 1. The summed E-state index contributed by atoms with van der Waals surface area (Å²) >= 11 is 12.2. The van der Waals surface area contributed by atoms with Gasteiger partial charge in [-0.1, -0.05) is 47.5 Å². The zero-order valence-corrected chi connectivity index (χ0v) is 19.4. The van der Waals surface area contributed by atoms with Gasteiger partial charge in [-0.25, -0.2) is 4.98 Å². The summed E-state index contributed by atoms with van der Waals surface area (Å²) in [6.45, 7) is 2.19. The van der Waals surface area contributed by atoms with Crippen LogP contribution in [0.5, 0.6) is 0 Å². The zero-order valence-electron chi connectivity index (χ0n) is 17.1. The van der Waals surface area contributed by atoms with E-state index in [-0.39, 0.29) is 17.6 Å². The van der Waals surface area contributed by atoms with E-state index >= 15 is 0 Å². The Balaban J connectivity index is 0.000000222. The van der Waals surface area contributed by atoms with E-state index < -0.39 is 15.9 Å². The molecule has 3 aromatic rings. The van der Waals surface area contributed by atoms with Crippen LogP contribution in [0.15, 0.2) is 66.1 Å². The van der Waals surface area contributed by atoms with Gasteiger partial charge in [-0.3, -0.25) is 4.55 Å². The molecule has 2 N–H and O–H groups in total. The maximum atomic E-state index is 10.6. The first kappa shape index (κ1) is 24.7. The number of benzene rings is 2. The fourth-order valence-corrected chi connectivity index (χ4v) is 4.51. The van der Waals surface area contributed by atoms with Crippen LogP contribution in [0, 0.1) is 6.92 Å². The summed E-state index contributed by atoms with van der Waals surface area (Å²) in [6.07, 6.45) is 4.77. The molecule has 2 atom stereocenters. The summed E-state index contributed by atoms with van der Waals surface area (Å²) in [4.78, 5) is 3.99. The van der Waals surface area contributed by atoms with Crippen LogP contribution in [0.2, 0.25) is 10.0 Å². The third-order valence-electron chi connectivity index (χ3n) is 4.73. The molecule has 0 spiro atoms. The first-order valence-electron chi connectivity index (χ1n) is 9.51. The lowest BCUT2D eigenvalue weighted by molar-refractivity contribution is -0.189. The monoisotopic (exact) mass is 500 g/mol. The van der Waals surface area contributed by atoms with Crippen molar-refractivity contribution in [1.29, 1.82) is 0 Å². The van der Waals surface area contributed by atoms with Crippen molar-refractivity contribution >= 4 is 33.3 Å². The highest BCUT2D eigenvalue weighted by Crippen LogP contribution is 2.40. The molecule has 2 heterocycles. The Bertz CT molecular complexity index is 1160. The molecule has 1 fully saturated rings. The quantitative estimate of drug-likeness (QED) is 0.513. The van der Waals surface area contributed by atoms with Crippen LogP contribution in [0.25, 0.3) is 0 Å². The summed E-state index contributed by atoms with van der Waals surface area (Å²) < 4.78 is 43.5. The highest BCUT2D eigenvalue weighted by Gasteiger charge is 2.44. The lowest BCUT2D eigenvalue weighted by Gasteiger charge is -2.29. The smallest absolute Gasteiger partial charge is 0.294 e. The molecule has 0 amide bonds. The summed E-state index contributed by atoms with van der Waals surface area (Å²) in [5.74, 6) is -1.06. The first-order valence-corrected chi connectivity index (χ1v) is 11.7. The third kappa shape index (κ3) is 5.87. The molecular weight excluding hydrogens is 479 g/mol. The Hall–Kier alpha value is -1.98. The number of aliphatic hydroxyl groups excluding tert-OH is 1. The molecular formula is C21H22Cl2N2O6S. The number of aryl methyl sites for hydroxylation is 1. The molecule has 4 rings (SSSR count). The fourth-order valence-electron chi connectivity index (χ4n) is 3.23. The second kappa shape index (κ2) is 10.3. The molecule has 8 nitrogen and oxygen atoms in total. The molecule has 1 aromatic heterocycles. The predicted octanol–water partition coefficient (Wildman–Crippen LogP) is 3.69. The summed E-state index contributed by atoms with van der Waals surface area (Å²) in [5, 5.41) is 10.3. The molecule has 0 saturated carbocycles. The van der Waals surface area contributed by atoms with Gasteiger partial charge in [-0.2, -0.15) is 8.42 Å². The maximum absolute atomic E-state index is 10.6. The van der Waals surface area contributed by atoms with Crippen LogP contribution >= 0.6 is 23.2 Å². The number of halogens is 2. The molecule has 11 heteroatoms. The second-order valence-electron chi connectivity index (χ2n) is 7.09. The molecule has 0 bridgehead atoms. The van der Waals surface area contributed by atoms with Gasteiger partial charge in [-0.05, 0) is 30.7 Å². The van der Waals surface area contributed by atoms with Crippen LogP contribution in [0.4, 0.5) is 0 Å². The van der Waals surface area contributed by atoms with E-state index in [4.69, 9.17) is 37.2 Å². The molecule has 1 aliphatic heterocycles. The predicted molar refractivity (Wildman–Crippen MR) is 119 cm³/mol. The minimum atomic E-state index is -4.03. The molecule has 2 aromatic carbocycles. The Kier molecular flexibility index (Phi) is 7.94. The van der Waals surface area contributed by atoms with Gasteiger partial charge in [0.2, 0.25) is 5.79 Å². The standard InChI is InChI=1S/C14H14Cl2N2O3.C7H8O3S/c15-10-1-2-12(13(16)5-10)14(8-18-4-3-17-9-18)20-7-11(6-19)21-14;1-6-4-2-3-5-7(6)11(8,9)10/h1-5,9,11,19H,6-8H2;2-5H,1H3,(H,8,9,10)/t11-,14-;/m1./s1. The van der Waals surface area contributed by atoms with Crippen molar-refractivity contribution in [3.05, 3.63) is 82.4 Å². The van der Waals surface area contributed by atoms with E-state index in [9.17, 15) is 13.5 Å². The van der Waals surface area contributed by atoms with Gasteiger partial charge in [0.15, 0.2) is 0 Å².